The summed E-state index contributed by atoms with van der Waals surface area (Å²) in [4.78, 5) is 37.0. The van der Waals surface area contributed by atoms with Crippen LogP contribution < -0.4 is 5.56 Å². The highest BCUT2D eigenvalue weighted by molar-refractivity contribution is 7.11. The van der Waals surface area contributed by atoms with Gasteiger partial charge in [0.15, 0.2) is 0 Å². The molecule has 1 unspecified atom stereocenters. The van der Waals surface area contributed by atoms with Crippen LogP contribution in [0.4, 0.5) is 0 Å². The van der Waals surface area contributed by atoms with E-state index in [1.807, 2.05) is 0 Å². The first kappa shape index (κ1) is 13.9. The van der Waals surface area contributed by atoms with Crippen molar-refractivity contribution in [2.24, 2.45) is 0 Å². The van der Waals surface area contributed by atoms with Gasteiger partial charge in [0.1, 0.15) is 16.8 Å². The molecule has 110 valence electrons. The fourth-order valence-corrected chi connectivity index (χ4v) is 2.82. The molecular weight excluding hydrogens is 292 g/mol. The number of H-pyrrole nitrogens is 1. The lowest BCUT2D eigenvalue weighted by atomic mass is 10.2. The average molecular weight is 306 g/mol. The Bertz CT molecular complexity index is 698. The minimum atomic E-state index is -0.414. The van der Waals surface area contributed by atoms with Crippen molar-refractivity contribution in [3.8, 4) is 0 Å². The zero-order valence-corrected chi connectivity index (χ0v) is 12.2. The van der Waals surface area contributed by atoms with Crippen LogP contribution in [-0.4, -0.2) is 45.5 Å². The van der Waals surface area contributed by atoms with Gasteiger partial charge in [0.25, 0.3) is 11.5 Å². The number of carbonyl (C=O) groups excluding carboxylic acids is 1. The second kappa shape index (κ2) is 5.74. The Morgan fingerprint density at radius 1 is 1.57 bits per heavy atom. The number of aromatic nitrogens is 3. The molecule has 0 saturated carbocycles. The van der Waals surface area contributed by atoms with Gasteiger partial charge < -0.3 is 14.6 Å². The van der Waals surface area contributed by atoms with Crippen LogP contribution in [0.3, 0.4) is 0 Å². The van der Waals surface area contributed by atoms with Crippen LogP contribution in [0.2, 0.25) is 0 Å². The van der Waals surface area contributed by atoms with Gasteiger partial charge in [0.05, 0.1) is 24.9 Å². The lowest BCUT2D eigenvalue weighted by Gasteiger charge is -2.32. The minimum Gasteiger partial charge on any atom is -0.367 e. The topological polar surface area (TPSA) is 88.2 Å². The Labute approximate surface area is 124 Å². The summed E-state index contributed by atoms with van der Waals surface area (Å²) in [5.41, 5.74) is 2.04. The first-order chi connectivity index (χ1) is 10.1. The number of hydrogen-bond acceptors (Lipinski definition) is 6. The summed E-state index contributed by atoms with van der Waals surface area (Å²) in [5, 5.41) is 0. The number of ether oxygens (including phenoxy) is 1. The molecule has 1 N–H and O–H groups in total. The van der Waals surface area contributed by atoms with E-state index < -0.39 is 6.10 Å². The molecule has 7 nitrogen and oxygen atoms in total. The van der Waals surface area contributed by atoms with Gasteiger partial charge in [-0.3, -0.25) is 14.6 Å². The van der Waals surface area contributed by atoms with Crippen molar-refractivity contribution in [1.29, 1.82) is 0 Å². The molecule has 2 aromatic rings. The molecule has 0 aliphatic carbocycles. The first-order valence-corrected chi connectivity index (χ1v) is 7.38. The van der Waals surface area contributed by atoms with E-state index in [-0.39, 0.29) is 11.5 Å². The summed E-state index contributed by atoms with van der Waals surface area (Å²) in [5.74, 6) is 0.391. The molecule has 0 radical (unpaired) electrons. The molecule has 1 aliphatic heterocycles. The van der Waals surface area contributed by atoms with E-state index >= 15 is 0 Å². The van der Waals surface area contributed by atoms with Crippen LogP contribution in [0.15, 0.2) is 22.6 Å². The van der Waals surface area contributed by atoms with Crippen molar-refractivity contribution in [2.75, 3.05) is 19.7 Å². The van der Waals surface area contributed by atoms with Crippen molar-refractivity contribution in [2.45, 2.75) is 13.0 Å². The smallest absolute Gasteiger partial charge is 0.265 e. The second-order valence-corrected chi connectivity index (χ2v) is 5.63. The number of hydrogen-bond donors (Lipinski definition) is 1. The molecule has 1 aliphatic rings. The quantitative estimate of drug-likeness (QED) is 0.884. The van der Waals surface area contributed by atoms with E-state index in [1.54, 1.807) is 23.5 Å². The van der Waals surface area contributed by atoms with E-state index in [0.717, 1.165) is 0 Å². The van der Waals surface area contributed by atoms with Gasteiger partial charge in [-0.05, 0) is 6.92 Å². The zero-order valence-electron chi connectivity index (χ0n) is 11.4. The van der Waals surface area contributed by atoms with Crippen molar-refractivity contribution in [3.63, 3.8) is 0 Å². The van der Waals surface area contributed by atoms with Crippen LogP contribution in [0.1, 0.15) is 27.3 Å². The molecule has 2 aromatic heterocycles. The first-order valence-electron chi connectivity index (χ1n) is 6.51. The summed E-state index contributed by atoms with van der Waals surface area (Å²) in [6.45, 7) is 3.04. The molecule has 0 bridgehead atoms. The number of rotatable bonds is 2. The Hall–Kier alpha value is -2.06. The van der Waals surface area contributed by atoms with E-state index in [0.29, 0.717) is 36.1 Å². The van der Waals surface area contributed by atoms with E-state index in [2.05, 4.69) is 15.0 Å². The number of nitrogens with zero attached hydrogens (tertiary/aromatic N) is 3. The number of thiazole rings is 1. The molecule has 3 heterocycles. The maximum absolute atomic E-state index is 12.3. The Morgan fingerprint density at radius 3 is 3.14 bits per heavy atom. The third-order valence-corrected chi connectivity index (χ3v) is 3.95. The van der Waals surface area contributed by atoms with Gasteiger partial charge >= 0.3 is 0 Å². The van der Waals surface area contributed by atoms with Gasteiger partial charge in [-0.1, -0.05) is 0 Å². The zero-order chi connectivity index (χ0) is 14.8. The van der Waals surface area contributed by atoms with Gasteiger partial charge in [0.2, 0.25) is 0 Å². The molecular formula is C13H14N4O3S. The maximum Gasteiger partial charge on any atom is 0.265 e. The van der Waals surface area contributed by atoms with Gasteiger partial charge in [0, 0.05) is 18.3 Å². The highest BCUT2D eigenvalue weighted by Crippen LogP contribution is 2.21. The highest BCUT2D eigenvalue weighted by atomic mass is 32.1. The molecule has 0 spiro atoms. The van der Waals surface area contributed by atoms with Crippen LogP contribution in [-0.2, 0) is 4.74 Å². The number of amides is 1. The maximum atomic E-state index is 12.3. The van der Waals surface area contributed by atoms with E-state index in [4.69, 9.17) is 4.74 Å². The van der Waals surface area contributed by atoms with Crippen LogP contribution in [0.25, 0.3) is 0 Å². The normalized spacial score (nSPS) is 18.7. The molecule has 3 rings (SSSR count). The monoisotopic (exact) mass is 306 g/mol. The largest absolute Gasteiger partial charge is 0.367 e. The minimum absolute atomic E-state index is 0.0687. The molecule has 8 heteroatoms. The summed E-state index contributed by atoms with van der Waals surface area (Å²) in [6.07, 6.45) is 1.15. The average Bonchev–Trinajstić information content (AvgIpc) is 3.00. The third-order valence-electron chi connectivity index (χ3n) is 3.19. The Morgan fingerprint density at radius 2 is 2.43 bits per heavy atom. The van der Waals surface area contributed by atoms with Crippen molar-refractivity contribution in [3.05, 3.63) is 44.5 Å². The van der Waals surface area contributed by atoms with Crippen molar-refractivity contribution < 1.29 is 9.53 Å². The summed E-state index contributed by atoms with van der Waals surface area (Å²) in [6, 6.07) is 1.42. The van der Waals surface area contributed by atoms with Crippen LogP contribution in [0, 0.1) is 6.92 Å². The number of carbonyl (C=O) groups is 1. The number of nitrogens with one attached hydrogen (secondary N) is 1. The van der Waals surface area contributed by atoms with Crippen LogP contribution >= 0.6 is 11.3 Å². The third kappa shape index (κ3) is 3.01. The molecule has 0 aromatic carbocycles. The van der Waals surface area contributed by atoms with Crippen LogP contribution in [0.5, 0.6) is 0 Å². The van der Waals surface area contributed by atoms with Gasteiger partial charge in [-0.15, -0.1) is 11.3 Å². The standard InChI is InChI=1S/C13H14N4O3S/c1-8-4-11(18)16-12(15-8)9-6-17(2-3-20-9)13(19)10-5-14-7-21-10/h4-5,7,9H,2-3,6H2,1H3,(H,15,16,18). The summed E-state index contributed by atoms with van der Waals surface area (Å²) < 4.78 is 5.63. The SMILES string of the molecule is Cc1cc(=O)[nH]c(C2CN(C(=O)c3cncs3)CCO2)n1. The summed E-state index contributed by atoms with van der Waals surface area (Å²) in [7, 11) is 0. The molecule has 21 heavy (non-hydrogen) atoms. The van der Waals surface area contributed by atoms with Gasteiger partial charge in [-0.25, -0.2) is 4.98 Å². The van der Waals surface area contributed by atoms with Crippen molar-refractivity contribution >= 4 is 17.2 Å². The fourth-order valence-electron chi connectivity index (χ4n) is 2.23. The number of morpholine rings is 1. The molecule has 1 fully saturated rings. The predicted molar refractivity (Wildman–Crippen MR) is 76.3 cm³/mol. The van der Waals surface area contributed by atoms with Gasteiger partial charge in [-0.2, -0.15) is 0 Å². The second-order valence-electron chi connectivity index (χ2n) is 4.75. The Kier molecular flexibility index (Phi) is 3.80. The van der Waals surface area contributed by atoms with Crippen molar-refractivity contribution in [1.82, 2.24) is 19.9 Å². The number of aryl methyl sites for hydroxylation is 1. The lowest BCUT2D eigenvalue weighted by Crippen LogP contribution is -2.42. The predicted octanol–water partition coefficient (Wildman–Crippen LogP) is 0.749. The highest BCUT2D eigenvalue weighted by Gasteiger charge is 2.28. The molecule has 1 saturated heterocycles. The Balaban J connectivity index is 1.79. The molecule has 1 amide bonds. The summed E-state index contributed by atoms with van der Waals surface area (Å²) >= 11 is 1.31. The lowest BCUT2D eigenvalue weighted by molar-refractivity contribution is -0.0268. The fraction of sp³-hybridized carbons (Fsp3) is 0.385. The van der Waals surface area contributed by atoms with E-state index in [9.17, 15) is 9.59 Å². The van der Waals surface area contributed by atoms with E-state index in [1.165, 1.54) is 17.4 Å². The number of aromatic amines is 1. The molecule has 1 atom stereocenters.